The van der Waals surface area contributed by atoms with Crippen molar-refractivity contribution in [2.45, 2.75) is 92.0 Å². The van der Waals surface area contributed by atoms with Crippen molar-refractivity contribution >= 4 is 16.9 Å². The smallest absolute Gasteiger partial charge is 0.199 e. The molecule has 198 valence electrons. The first kappa shape index (κ1) is 25.8. The van der Waals surface area contributed by atoms with Crippen LogP contribution < -0.4 is 0 Å². The Labute approximate surface area is 217 Å². The van der Waals surface area contributed by atoms with Crippen LogP contribution in [0.15, 0.2) is 18.6 Å². The van der Waals surface area contributed by atoms with E-state index < -0.39 is 0 Å². The highest BCUT2D eigenvalue weighted by Crippen LogP contribution is 2.68. The van der Waals surface area contributed by atoms with E-state index in [1.54, 1.807) is 17.1 Å². The van der Waals surface area contributed by atoms with Crippen molar-refractivity contribution < 1.29 is 9.53 Å². The highest BCUT2D eigenvalue weighted by atomic mass is 16.5. The summed E-state index contributed by atoms with van der Waals surface area (Å²) < 4.78 is 7.70. The van der Waals surface area contributed by atoms with Crippen LogP contribution in [0.3, 0.4) is 0 Å². The Balaban J connectivity index is 0.00000130. The third-order valence-electron chi connectivity index (χ3n) is 10.9. The van der Waals surface area contributed by atoms with Crippen LogP contribution in [0.5, 0.6) is 0 Å². The number of fused-ring (bicyclic) bond motifs is 6. The Morgan fingerprint density at radius 2 is 1.86 bits per heavy atom. The zero-order chi connectivity index (χ0) is 25.5. The molecule has 0 aromatic carbocycles. The minimum absolute atomic E-state index is 0.129. The van der Waals surface area contributed by atoms with Gasteiger partial charge in [-0.15, -0.1) is 0 Å². The summed E-state index contributed by atoms with van der Waals surface area (Å²) in [5, 5.41) is 4.51. The van der Waals surface area contributed by atoms with Crippen molar-refractivity contribution in [2.75, 3.05) is 13.7 Å². The maximum atomic E-state index is 13.6. The number of nitrogens with zero attached hydrogens (tertiary/aromatic N) is 4. The van der Waals surface area contributed by atoms with Gasteiger partial charge < -0.3 is 4.74 Å². The number of methoxy groups -OCH3 is 1. The number of hydrogen-bond donors (Lipinski definition) is 0. The summed E-state index contributed by atoms with van der Waals surface area (Å²) >= 11 is 0. The molecule has 4 fully saturated rings. The maximum Gasteiger partial charge on any atom is 0.199 e. The molecule has 0 N–H and O–H groups in total. The van der Waals surface area contributed by atoms with Crippen molar-refractivity contribution in [3.63, 3.8) is 0 Å². The van der Waals surface area contributed by atoms with Crippen molar-refractivity contribution in [3.8, 4) is 0 Å². The fraction of sp³-hybridized carbons (Fsp3) is 0.800. The van der Waals surface area contributed by atoms with Crippen LogP contribution >= 0.6 is 0 Å². The quantitative estimate of drug-likeness (QED) is 0.485. The monoisotopic (exact) mass is 494 g/mol. The minimum atomic E-state index is 0.129. The van der Waals surface area contributed by atoms with E-state index in [1.807, 2.05) is 27.2 Å². The van der Waals surface area contributed by atoms with Gasteiger partial charge in [0, 0.05) is 25.4 Å². The summed E-state index contributed by atoms with van der Waals surface area (Å²) in [6.07, 6.45) is 16.7. The number of carbonyl (C=O) groups excluding carboxylic acids is 1. The van der Waals surface area contributed by atoms with Crippen molar-refractivity contribution in [3.05, 3.63) is 18.6 Å². The van der Waals surface area contributed by atoms with Gasteiger partial charge in [0.2, 0.25) is 0 Å². The molecule has 8 unspecified atom stereocenters. The summed E-state index contributed by atoms with van der Waals surface area (Å²) in [6, 6.07) is 0. The molecule has 4 saturated carbocycles. The molecule has 6 heteroatoms. The molecule has 0 aliphatic heterocycles. The van der Waals surface area contributed by atoms with Gasteiger partial charge in [0.1, 0.15) is 5.52 Å². The highest BCUT2D eigenvalue weighted by Gasteiger charge is 2.62. The molecule has 0 amide bonds. The Kier molecular flexibility index (Phi) is 7.28. The van der Waals surface area contributed by atoms with E-state index in [-0.39, 0.29) is 11.3 Å². The second-order valence-corrected chi connectivity index (χ2v) is 12.4. The van der Waals surface area contributed by atoms with Crippen LogP contribution in [0.1, 0.15) is 85.5 Å². The van der Waals surface area contributed by atoms with Crippen LogP contribution in [0.4, 0.5) is 0 Å². The predicted molar refractivity (Wildman–Crippen MR) is 142 cm³/mol. The average Bonchev–Trinajstić information content (AvgIpc) is 3.45. The van der Waals surface area contributed by atoms with Gasteiger partial charge in [-0.1, -0.05) is 34.1 Å². The molecule has 6 rings (SSSR count). The van der Waals surface area contributed by atoms with Crippen LogP contribution in [0.25, 0.3) is 11.2 Å². The molecule has 2 heterocycles. The lowest BCUT2D eigenvalue weighted by atomic mass is 9.44. The second kappa shape index (κ2) is 10.2. The van der Waals surface area contributed by atoms with Crippen LogP contribution in [-0.4, -0.2) is 39.2 Å². The van der Waals surface area contributed by atoms with Gasteiger partial charge in [0.05, 0.1) is 19.3 Å². The Bertz CT molecular complexity index is 1040. The summed E-state index contributed by atoms with van der Waals surface area (Å²) in [5.41, 5.74) is 1.88. The first-order chi connectivity index (χ1) is 17.4. The summed E-state index contributed by atoms with van der Waals surface area (Å²) in [7, 11) is 1.91. The first-order valence-electron chi connectivity index (χ1n) is 14.6. The van der Waals surface area contributed by atoms with Gasteiger partial charge in [-0.2, -0.15) is 5.10 Å². The zero-order valence-corrected chi connectivity index (χ0v) is 23.1. The molecule has 0 bridgehead atoms. The SMILES string of the molecule is CC.COCC12CCC(C)CC1CCC1C3CCC(C(=O)Cn4cc5nccnc5n4)C3(C)CCC12. The summed E-state index contributed by atoms with van der Waals surface area (Å²) in [6.45, 7) is 10.2. The molecule has 0 saturated heterocycles. The van der Waals surface area contributed by atoms with E-state index in [9.17, 15) is 4.79 Å². The summed E-state index contributed by atoms with van der Waals surface area (Å²) in [5.74, 6) is 4.40. The number of aromatic nitrogens is 4. The van der Waals surface area contributed by atoms with E-state index in [2.05, 4.69) is 28.9 Å². The number of ketones is 1. The summed E-state index contributed by atoms with van der Waals surface area (Å²) in [4.78, 5) is 22.2. The van der Waals surface area contributed by atoms with E-state index >= 15 is 0 Å². The number of hydrogen-bond acceptors (Lipinski definition) is 5. The fourth-order valence-corrected chi connectivity index (χ4v) is 9.50. The van der Waals surface area contributed by atoms with E-state index in [0.29, 0.717) is 29.3 Å². The third kappa shape index (κ3) is 4.12. The number of rotatable bonds is 5. The van der Waals surface area contributed by atoms with Gasteiger partial charge >= 0.3 is 0 Å². The second-order valence-electron chi connectivity index (χ2n) is 12.4. The lowest BCUT2D eigenvalue weighted by molar-refractivity contribution is -0.154. The van der Waals surface area contributed by atoms with E-state index in [1.165, 1.54) is 51.4 Å². The van der Waals surface area contributed by atoms with E-state index in [4.69, 9.17) is 4.74 Å². The molecule has 0 radical (unpaired) electrons. The minimum Gasteiger partial charge on any atom is -0.384 e. The molecule has 4 aliphatic rings. The maximum absolute atomic E-state index is 13.6. The molecule has 8 atom stereocenters. The Morgan fingerprint density at radius 1 is 1.06 bits per heavy atom. The van der Waals surface area contributed by atoms with Gasteiger partial charge in [0.15, 0.2) is 11.4 Å². The van der Waals surface area contributed by atoms with Crippen LogP contribution in [-0.2, 0) is 16.1 Å². The van der Waals surface area contributed by atoms with E-state index in [0.717, 1.165) is 42.2 Å². The van der Waals surface area contributed by atoms with Crippen molar-refractivity contribution in [1.82, 2.24) is 19.7 Å². The molecular formula is C30H46N4O2. The largest absolute Gasteiger partial charge is 0.384 e. The normalized spacial score (nSPS) is 39.5. The Hall–Kier alpha value is -1.82. The number of Topliss-reactive ketones (excluding diaryl/α,β-unsaturated/α-hetero) is 1. The van der Waals surface area contributed by atoms with Gasteiger partial charge in [0.25, 0.3) is 0 Å². The third-order valence-corrected chi connectivity index (χ3v) is 10.9. The molecule has 0 spiro atoms. The molecule has 2 aromatic rings. The van der Waals surface area contributed by atoms with Crippen molar-refractivity contribution in [1.29, 1.82) is 0 Å². The van der Waals surface area contributed by atoms with Gasteiger partial charge in [-0.05, 0) is 91.8 Å². The molecule has 2 aromatic heterocycles. The molecule has 36 heavy (non-hydrogen) atoms. The Morgan fingerprint density at radius 3 is 2.64 bits per heavy atom. The lowest BCUT2D eigenvalue weighted by Gasteiger charge is -2.61. The fourth-order valence-electron chi connectivity index (χ4n) is 9.50. The molecule has 6 nitrogen and oxygen atoms in total. The number of carbonyl (C=O) groups is 1. The van der Waals surface area contributed by atoms with Crippen LogP contribution in [0, 0.1) is 46.3 Å². The van der Waals surface area contributed by atoms with Crippen molar-refractivity contribution in [2.24, 2.45) is 46.3 Å². The predicted octanol–water partition coefficient (Wildman–Crippen LogP) is 6.34. The molecule has 4 aliphatic carbocycles. The standard InChI is InChI=1S/C28H40N4O2.C2H6/c1-18-8-11-28(17-34-3)19(14-18)4-5-20-21-6-7-23(27(21,2)10-9-22(20)28)25(33)16-32-15-24-26(31-32)30-13-12-29-24;1-2/h12-13,15,18-23H,4-11,14,16-17H2,1-3H3;1-2H3. The first-order valence-corrected chi connectivity index (χ1v) is 14.6. The number of ether oxygens (including phenoxy) is 1. The zero-order valence-electron chi connectivity index (χ0n) is 23.1. The van der Waals surface area contributed by atoms with Crippen LogP contribution in [0.2, 0.25) is 0 Å². The highest BCUT2D eigenvalue weighted by molar-refractivity contribution is 5.82. The average molecular weight is 495 g/mol. The van der Waals surface area contributed by atoms with Gasteiger partial charge in [-0.3, -0.25) is 9.48 Å². The topological polar surface area (TPSA) is 69.9 Å². The van der Waals surface area contributed by atoms with Gasteiger partial charge in [-0.25, -0.2) is 9.97 Å². The lowest BCUT2D eigenvalue weighted by Crippen LogP contribution is -2.56. The molecular weight excluding hydrogens is 448 g/mol.